The van der Waals surface area contributed by atoms with E-state index in [9.17, 15) is 19.2 Å². The lowest BCUT2D eigenvalue weighted by Crippen LogP contribution is -2.35. The van der Waals surface area contributed by atoms with E-state index in [1.807, 2.05) is 0 Å². The van der Waals surface area contributed by atoms with Crippen LogP contribution in [0.5, 0.6) is 0 Å². The number of nitrogens with zero attached hydrogens (tertiary/aromatic N) is 2. The summed E-state index contributed by atoms with van der Waals surface area (Å²) in [6.45, 7) is 12.0. The number of hydrogen-bond acceptors (Lipinski definition) is 9. The zero-order valence-electron chi connectivity index (χ0n) is 17.8. The van der Waals surface area contributed by atoms with Gasteiger partial charge in [0.05, 0.1) is 18.5 Å². The van der Waals surface area contributed by atoms with Gasteiger partial charge in [-0.25, -0.2) is 14.6 Å². The molecule has 2 aromatic rings. The highest BCUT2D eigenvalue weighted by Gasteiger charge is 2.20. The fourth-order valence-electron chi connectivity index (χ4n) is 2.05. The van der Waals surface area contributed by atoms with Crippen LogP contribution in [0.1, 0.15) is 31.3 Å². The van der Waals surface area contributed by atoms with Crippen molar-refractivity contribution in [3.8, 4) is 10.7 Å². The van der Waals surface area contributed by atoms with E-state index in [2.05, 4.69) is 49.0 Å². The van der Waals surface area contributed by atoms with E-state index in [0.29, 0.717) is 10.7 Å². The monoisotopic (exact) mass is 462 g/mol. The Morgan fingerprint density at radius 3 is 2.44 bits per heavy atom. The predicted octanol–water partition coefficient (Wildman–Crippen LogP) is 1.93. The lowest BCUT2D eigenvalue weighted by Gasteiger charge is -2.18. The van der Waals surface area contributed by atoms with Crippen molar-refractivity contribution in [2.75, 3.05) is 12.4 Å². The minimum atomic E-state index is -0.837. The number of thiazole rings is 1. The average molecular weight is 462 g/mol. The number of ether oxygens (including phenoxy) is 2. The molecule has 0 saturated carbocycles. The molecule has 32 heavy (non-hydrogen) atoms. The molecule has 170 valence electrons. The summed E-state index contributed by atoms with van der Waals surface area (Å²) in [6, 6.07) is 1.52. The Hall–Kier alpha value is -4.00. The summed E-state index contributed by atoms with van der Waals surface area (Å²) in [6.07, 6.45) is -0.665. The van der Waals surface area contributed by atoms with Crippen LogP contribution < -0.4 is 16.0 Å². The van der Waals surface area contributed by atoms with E-state index >= 15 is 0 Å². The van der Waals surface area contributed by atoms with Crippen LogP contribution in [0.15, 0.2) is 36.0 Å². The van der Waals surface area contributed by atoms with Gasteiger partial charge in [0.15, 0.2) is 5.82 Å². The number of H-pyrrole nitrogens is 1. The molecule has 0 bridgehead atoms. The Kier molecular flexibility index (Phi) is 7.49. The fourth-order valence-corrected chi connectivity index (χ4v) is 2.82. The van der Waals surface area contributed by atoms with Crippen molar-refractivity contribution in [1.82, 2.24) is 25.8 Å². The van der Waals surface area contributed by atoms with Gasteiger partial charge in [-0.05, 0) is 20.8 Å². The SMILES string of the molecule is C=C(NC(=O)c1csc(-c2cc(NC(=O)OC(C)(C)C)n[nH]2)n1)C(=O)NC(=C)C(=O)OC. The first-order chi connectivity index (χ1) is 14.9. The van der Waals surface area contributed by atoms with Gasteiger partial charge in [0, 0.05) is 11.4 Å². The molecular formula is C19H22N6O6S. The summed E-state index contributed by atoms with van der Waals surface area (Å²) in [5.41, 5.74) is -0.819. The number of nitrogens with one attached hydrogen (secondary N) is 4. The zero-order valence-corrected chi connectivity index (χ0v) is 18.6. The molecule has 0 atom stereocenters. The number of esters is 1. The number of anilines is 1. The molecule has 2 aromatic heterocycles. The van der Waals surface area contributed by atoms with Crippen molar-refractivity contribution < 1.29 is 28.7 Å². The van der Waals surface area contributed by atoms with E-state index in [0.717, 1.165) is 18.4 Å². The van der Waals surface area contributed by atoms with E-state index in [-0.39, 0.29) is 22.9 Å². The largest absolute Gasteiger partial charge is 0.464 e. The number of hydrogen-bond donors (Lipinski definition) is 4. The van der Waals surface area contributed by atoms with E-state index in [4.69, 9.17) is 4.74 Å². The Morgan fingerprint density at radius 1 is 1.12 bits per heavy atom. The second-order valence-corrected chi connectivity index (χ2v) is 8.05. The van der Waals surface area contributed by atoms with Crippen LogP contribution in [-0.4, -0.2) is 51.8 Å². The Balaban J connectivity index is 1.98. The van der Waals surface area contributed by atoms with Crippen LogP contribution in [0, 0.1) is 0 Å². The van der Waals surface area contributed by atoms with Gasteiger partial charge in [0.1, 0.15) is 22.0 Å². The fraction of sp³-hybridized carbons (Fsp3) is 0.263. The molecule has 2 rings (SSSR count). The summed E-state index contributed by atoms with van der Waals surface area (Å²) in [5.74, 6) is -2.15. The maximum atomic E-state index is 12.3. The summed E-state index contributed by atoms with van der Waals surface area (Å²) in [4.78, 5) is 51.6. The molecule has 0 aromatic carbocycles. The Labute approximate surface area is 187 Å². The molecule has 12 nitrogen and oxygen atoms in total. The van der Waals surface area contributed by atoms with Crippen molar-refractivity contribution in [3.63, 3.8) is 0 Å². The average Bonchev–Trinajstić information content (AvgIpc) is 3.34. The van der Waals surface area contributed by atoms with Gasteiger partial charge in [0.2, 0.25) is 0 Å². The third-order valence-electron chi connectivity index (χ3n) is 3.41. The first-order valence-corrected chi connectivity index (χ1v) is 9.87. The van der Waals surface area contributed by atoms with Gasteiger partial charge in [-0.15, -0.1) is 11.3 Å². The Bertz CT molecular complexity index is 1080. The van der Waals surface area contributed by atoms with Crippen molar-refractivity contribution >= 4 is 41.0 Å². The first-order valence-electron chi connectivity index (χ1n) is 8.99. The van der Waals surface area contributed by atoms with Gasteiger partial charge >= 0.3 is 12.1 Å². The highest BCUT2D eigenvalue weighted by Crippen LogP contribution is 2.24. The van der Waals surface area contributed by atoms with Gasteiger partial charge in [-0.1, -0.05) is 13.2 Å². The van der Waals surface area contributed by atoms with Gasteiger partial charge in [-0.3, -0.25) is 20.0 Å². The molecule has 0 fully saturated rings. The minimum Gasteiger partial charge on any atom is -0.464 e. The number of amides is 3. The van der Waals surface area contributed by atoms with Crippen LogP contribution in [0.25, 0.3) is 10.7 Å². The van der Waals surface area contributed by atoms with Crippen LogP contribution in [0.2, 0.25) is 0 Å². The number of methoxy groups -OCH3 is 1. The summed E-state index contributed by atoms with van der Waals surface area (Å²) in [5, 5.41) is 15.4. The van der Waals surface area contributed by atoms with E-state index in [1.54, 1.807) is 20.8 Å². The number of aromatic amines is 1. The minimum absolute atomic E-state index is 0.0157. The molecule has 0 aliphatic rings. The highest BCUT2D eigenvalue weighted by atomic mass is 32.1. The summed E-state index contributed by atoms with van der Waals surface area (Å²) >= 11 is 1.13. The lowest BCUT2D eigenvalue weighted by atomic mass is 10.2. The molecule has 13 heteroatoms. The number of carbonyl (C=O) groups is 4. The molecule has 0 unspecified atom stereocenters. The topological polar surface area (TPSA) is 164 Å². The molecule has 3 amide bonds. The maximum Gasteiger partial charge on any atom is 0.413 e. The van der Waals surface area contributed by atoms with E-state index in [1.165, 1.54) is 11.4 Å². The Morgan fingerprint density at radius 2 is 1.81 bits per heavy atom. The predicted molar refractivity (Wildman–Crippen MR) is 115 cm³/mol. The van der Waals surface area contributed by atoms with Crippen molar-refractivity contribution in [1.29, 1.82) is 0 Å². The summed E-state index contributed by atoms with van der Waals surface area (Å²) in [7, 11) is 1.13. The molecule has 0 aliphatic heterocycles. The van der Waals surface area contributed by atoms with Crippen molar-refractivity contribution in [2.45, 2.75) is 26.4 Å². The third kappa shape index (κ3) is 6.77. The molecular weight excluding hydrogens is 440 g/mol. The normalized spacial score (nSPS) is 10.6. The van der Waals surface area contributed by atoms with Crippen molar-refractivity contribution in [2.24, 2.45) is 0 Å². The first kappa shape index (κ1) is 24.3. The van der Waals surface area contributed by atoms with Gasteiger partial charge in [0.25, 0.3) is 11.8 Å². The molecule has 2 heterocycles. The second-order valence-electron chi connectivity index (χ2n) is 7.19. The number of carbonyl (C=O) groups excluding carboxylic acids is 4. The second kappa shape index (κ2) is 9.87. The summed E-state index contributed by atoms with van der Waals surface area (Å²) < 4.78 is 9.56. The van der Waals surface area contributed by atoms with Gasteiger partial charge in [-0.2, -0.15) is 5.10 Å². The quantitative estimate of drug-likeness (QED) is 0.358. The highest BCUT2D eigenvalue weighted by molar-refractivity contribution is 7.13. The van der Waals surface area contributed by atoms with Crippen LogP contribution >= 0.6 is 11.3 Å². The molecule has 0 spiro atoms. The standard InChI is InChI=1S/C19H22N6O6S/c1-9(14(26)21-10(2)17(28)30-6)20-15(27)12-8-32-16(22-12)11-7-13(25-24-11)23-18(29)31-19(3,4)5/h7-8H,1-2H2,3-6H3,(H,20,27)(H,21,26)(H2,23,24,25,29). The van der Waals surface area contributed by atoms with Crippen LogP contribution in [0.4, 0.5) is 10.6 Å². The molecule has 0 radical (unpaired) electrons. The molecule has 0 saturated heterocycles. The molecule has 4 N–H and O–H groups in total. The number of aromatic nitrogens is 3. The maximum absolute atomic E-state index is 12.3. The van der Waals surface area contributed by atoms with Crippen molar-refractivity contribution in [3.05, 3.63) is 41.7 Å². The van der Waals surface area contributed by atoms with Crippen LogP contribution in [0.3, 0.4) is 0 Å². The third-order valence-corrected chi connectivity index (χ3v) is 4.28. The van der Waals surface area contributed by atoms with E-state index < -0.39 is 29.5 Å². The molecule has 0 aliphatic carbocycles. The zero-order chi connectivity index (χ0) is 24.1. The number of rotatable bonds is 7. The van der Waals surface area contributed by atoms with Crippen LogP contribution in [-0.2, 0) is 19.1 Å². The van der Waals surface area contributed by atoms with Gasteiger partial charge < -0.3 is 20.1 Å². The lowest BCUT2D eigenvalue weighted by molar-refractivity contribution is -0.137. The smallest absolute Gasteiger partial charge is 0.413 e.